The topological polar surface area (TPSA) is 76.4 Å². The van der Waals surface area contributed by atoms with Gasteiger partial charge in [-0.3, -0.25) is 4.79 Å². The molecule has 1 aromatic carbocycles. The number of carbonyl (C=O) groups is 1. The molecule has 0 radical (unpaired) electrons. The zero-order valence-corrected chi connectivity index (χ0v) is 15.5. The van der Waals surface area contributed by atoms with E-state index in [0.29, 0.717) is 19.7 Å². The lowest BCUT2D eigenvalue weighted by Crippen LogP contribution is -2.50. The van der Waals surface area contributed by atoms with E-state index in [2.05, 4.69) is 20.0 Å². The maximum atomic E-state index is 12.4. The van der Waals surface area contributed by atoms with Crippen molar-refractivity contribution in [2.75, 3.05) is 37.7 Å². The van der Waals surface area contributed by atoms with E-state index in [1.54, 1.807) is 17.2 Å². The van der Waals surface area contributed by atoms with Crippen molar-refractivity contribution in [1.82, 2.24) is 24.6 Å². The lowest BCUT2D eigenvalue weighted by molar-refractivity contribution is -0.136. The van der Waals surface area contributed by atoms with Crippen LogP contribution >= 0.6 is 0 Å². The van der Waals surface area contributed by atoms with E-state index < -0.39 is 0 Å². The lowest BCUT2D eigenvalue weighted by Gasteiger charge is -2.35. The van der Waals surface area contributed by atoms with Gasteiger partial charge in [0.15, 0.2) is 5.82 Å². The van der Waals surface area contributed by atoms with Gasteiger partial charge in [0.1, 0.15) is 18.8 Å². The molecule has 8 heteroatoms. The van der Waals surface area contributed by atoms with Crippen LogP contribution < -0.4 is 4.90 Å². The predicted molar refractivity (Wildman–Crippen MR) is 104 cm³/mol. The number of carbonyl (C=O) groups excluding carboxylic acids is 1. The van der Waals surface area contributed by atoms with Gasteiger partial charge in [-0.2, -0.15) is 5.10 Å². The van der Waals surface area contributed by atoms with Crippen molar-refractivity contribution in [2.45, 2.75) is 6.61 Å². The molecule has 1 saturated heterocycles. The van der Waals surface area contributed by atoms with Crippen LogP contribution in [0.2, 0.25) is 0 Å². The van der Waals surface area contributed by atoms with Crippen LogP contribution in [0.3, 0.4) is 0 Å². The molecule has 1 fully saturated rings. The molecule has 0 saturated carbocycles. The largest absolute Gasteiger partial charge is 0.367 e. The van der Waals surface area contributed by atoms with E-state index in [4.69, 9.17) is 4.74 Å². The van der Waals surface area contributed by atoms with Gasteiger partial charge in [0.25, 0.3) is 0 Å². The van der Waals surface area contributed by atoms with Crippen LogP contribution in [-0.4, -0.2) is 63.3 Å². The van der Waals surface area contributed by atoms with Crippen molar-refractivity contribution in [3.05, 3.63) is 66.7 Å². The summed E-state index contributed by atoms with van der Waals surface area (Å²) in [5.41, 5.74) is 1.07. The number of piperazine rings is 1. The van der Waals surface area contributed by atoms with Crippen LogP contribution in [0.5, 0.6) is 0 Å². The Bertz CT molecular complexity index is 892. The van der Waals surface area contributed by atoms with Crippen molar-refractivity contribution in [2.24, 2.45) is 0 Å². The van der Waals surface area contributed by atoms with Crippen LogP contribution in [0.1, 0.15) is 5.56 Å². The molecule has 8 nitrogen and oxygen atoms in total. The standard InChI is InChI=1S/C20H22N6O2/c27-20(15-28-14-17-5-2-1-3-6-17)25-11-9-24(10-12-25)18-13-19(22-16-21-18)26-8-4-7-23-26/h1-8,13,16H,9-12,14-15H2. The van der Waals surface area contributed by atoms with Gasteiger partial charge in [0.2, 0.25) is 5.91 Å². The Kier molecular flexibility index (Phi) is 5.58. The van der Waals surface area contributed by atoms with Crippen LogP contribution in [0.4, 0.5) is 5.82 Å². The average molecular weight is 378 g/mol. The first-order valence-corrected chi connectivity index (χ1v) is 9.26. The third-order valence-corrected chi connectivity index (χ3v) is 4.67. The number of anilines is 1. The summed E-state index contributed by atoms with van der Waals surface area (Å²) in [6, 6.07) is 13.6. The Morgan fingerprint density at radius 3 is 2.54 bits per heavy atom. The van der Waals surface area contributed by atoms with Gasteiger partial charge in [-0.15, -0.1) is 0 Å². The summed E-state index contributed by atoms with van der Waals surface area (Å²) >= 11 is 0. The summed E-state index contributed by atoms with van der Waals surface area (Å²) in [6.45, 7) is 3.29. The van der Waals surface area contributed by atoms with Crippen molar-refractivity contribution in [3.63, 3.8) is 0 Å². The highest BCUT2D eigenvalue weighted by Gasteiger charge is 2.22. The number of rotatable bonds is 6. The van der Waals surface area contributed by atoms with Gasteiger partial charge in [0, 0.05) is 44.6 Å². The molecule has 4 rings (SSSR count). The van der Waals surface area contributed by atoms with Gasteiger partial charge in [-0.25, -0.2) is 14.6 Å². The SMILES string of the molecule is O=C(COCc1ccccc1)N1CCN(c2cc(-n3cccn3)ncn2)CC1. The molecular weight excluding hydrogens is 356 g/mol. The monoisotopic (exact) mass is 378 g/mol. The molecule has 3 aromatic rings. The summed E-state index contributed by atoms with van der Waals surface area (Å²) in [4.78, 5) is 25.0. The van der Waals surface area contributed by atoms with E-state index in [0.717, 1.165) is 30.3 Å². The Morgan fingerprint density at radius 2 is 1.79 bits per heavy atom. The predicted octanol–water partition coefficient (Wildman–Crippen LogP) is 1.53. The lowest BCUT2D eigenvalue weighted by atomic mass is 10.2. The van der Waals surface area contributed by atoms with E-state index in [-0.39, 0.29) is 12.5 Å². The van der Waals surface area contributed by atoms with Gasteiger partial charge in [-0.1, -0.05) is 30.3 Å². The summed E-state index contributed by atoms with van der Waals surface area (Å²) in [5.74, 6) is 1.59. The molecule has 1 aliphatic heterocycles. The van der Waals surface area contributed by atoms with Gasteiger partial charge >= 0.3 is 0 Å². The Hall–Kier alpha value is -3.26. The van der Waals surface area contributed by atoms with Crippen LogP contribution in [0.15, 0.2) is 61.2 Å². The third-order valence-electron chi connectivity index (χ3n) is 4.67. The molecule has 0 aliphatic carbocycles. The number of aromatic nitrogens is 4. The van der Waals surface area contributed by atoms with Crippen LogP contribution in [-0.2, 0) is 16.1 Å². The molecule has 144 valence electrons. The fraction of sp³-hybridized carbons (Fsp3) is 0.300. The van der Waals surface area contributed by atoms with E-state index in [1.807, 2.05) is 53.6 Å². The first kappa shape index (κ1) is 18.1. The number of ether oxygens (including phenoxy) is 1. The zero-order chi connectivity index (χ0) is 19.2. The van der Waals surface area contributed by atoms with Crippen molar-refractivity contribution in [1.29, 1.82) is 0 Å². The maximum absolute atomic E-state index is 12.4. The fourth-order valence-electron chi connectivity index (χ4n) is 3.15. The van der Waals surface area contributed by atoms with E-state index >= 15 is 0 Å². The van der Waals surface area contributed by atoms with E-state index in [9.17, 15) is 4.79 Å². The number of nitrogens with zero attached hydrogens (tertiary/aromatic N) is 6. The Morgan fingerprint density at radius 1 is 1.00 bits per heavy atom. The minimum absolute atomic E-state index is 0.0236. The second-order valence-corrected chi connectivity index (χ2v) is 6.53. The molecule has 0 bridgehead atoms. The van der Waals surface area contributed by atoms with Gasteiger partial charge < -0.3 is 14.5 Å². The Labute approximate surface area is 163 Å². The minimum atomic E-state index is 0.0236. The van der Waals surface area contributed by atoms with Crippen LogP contribution in [0.25, 0.3) is 5.82 Å². The van der Waals surface area contributed by atoms with Crippen molar-refractivity contribution in [3.8, 4) is 5.82 Å². The zero-order valence-electron chi connectivity index (χ0n) is 15.5. The average Bonchev–Trinajstić information content (AvgIpc) is 3.30. The summed E-state index contributed by atoms with van der Waals surface area (Å²) < 4.78 is 7.27. The Balaban J connectivity index is 1.27. The van der Waals surface area contributed by atoms with Crippen LogP contribution in [0, 0.1) is 0 Å². The molecule has 3 heterocycles. The number of amides is 1. The molecule has 0 unspecified atom stereocenters. The molecular formula is C20H22N6O2. The number of hydrogen-bond acceptors (Lipinski definition) is 6. The highest BCUT2D eigenvalue weighted by Crippen LogP contribution is 2.15. The van der Waals surface area contributed by atoms with Crippen molar-refractivity contribution >= 4 is 11.7 Å². The quantitative estimate of drug-likeness (QED) is 0.647. The minimum Gasteiger partial charge on any atom is -0.367 e. The first-order valence-electron chi connectivity index (χ1n) is 9.26. The van der Waals surface area contributed by atoms with Crippen molar-refractivity contribution < 1.29 is 9.53 Å². The highest BCUT2D eigenvalue weighted by atomic mass is 16.5. The molecule has 0 N–H and O–H groups in total. The second kappa shape index (κ2) is 8.62. The second-order valence-electron chi connectivity index (χ2n) is 6.53. The molecule has 1 amide bonds. The maximum Gasteiger partial charge on any atom is 0.248 e. The molecule has 0 spiro atoms. The van der Waals surface area contributed by atoms with Gasteiger partial charge in [-0.05, 0) is 11.6 Å². The summed E-state index contributed by atoms with van der Waals surface area (Å²) in [5, 5.41) is 4.20. The summed E-state index contributed by atoms with van der Waals surface area (Å²) in [6.07, 6.45) is 5.10. The molecule has 1 aliphatic rings. The van der Waals surface area contributed by atoms with E-state index in [1.165, 1.54) is 0 Å². The normalized spacial score (nSPS) is 14.3. The molecule has 0 atom stereocenters. The third kappa shape index (κ3) is 4.34. The fourth-order valence-corrected chi connectivity index (χ4v) is 3.15. The first-order chi connectivity index (χ1) is 13.8. The molecule has 28 heavy (non-hydrogen) atoms. The number of benzene rings is 1. The summed E-state index contributed by atoms with van der Waals surface area (Å²) in [7, 11) is 0. The number of hydrogen-bond donors (Lipinski definition) is 0. The highest BCUT2D eigenvalue weighted by molar-refractivity contribution is 5.77. The smallest absolute Gasteiger partial charge is 0.248 e. The molecule has 2 aromatic heterocycles. The van der Waals surface area contributed by atoms with Gasteiger partial charge in [0.05, 0.1) is 6.61 Å².